The van der Waals surface area contributed by atoms with Gasteiger partial charge in [-0.2, -0.15) is 5.10 Å². The number of nitrogens with zero attached hydrogens (tertiary/aromatic N) is 3. The number of hydrazone groups is 1. The number of carbonyl (C=O) groups excluding carboxylic acids is 2. The molecule has 0 saturated carbocycles. The largest absolute Gasteiger partial charge is 0.288 e. The average molecular weight is 408 g/mol. The Hall–Kier alpha value is -3.91. The third-order valence-corrected chi connectivity index (χ3v) is 4.00. The van der Waals surface area contributed by atoms with Crippen LogP contribution in [0.3, 0.4) is 0 Å². The van der Waals surface area contributed by atoms with E-state index in [2.05, 4.69) is 10.1 Å². The molecule has 0 aromatic heterocycles. The predicted molar refractivity (Wildman–Crippen MR) is 114 cm³/mol. The van der Waals surface area contributed by atoms with Crippen LogP contribution in [0.2, 0.25) is 0 Å². The van der Waals surface area contributed by atoms with Gasteiger partial charge in [0.25, 0.3) is 11.8 Å². The SMILES string of the molecule is C\C=C(/C=C\N=C\C(=O)N(C)/N=C/c1ccc(C(=O)NO)cc1F)c1ccccc1. The van der Waals surface area contributed by atoms with Gasteiger partial charge in [0.2, 0.25) is 0 Å². The lowest BCUT2D eigenvalue weighted by atomic mass is 10.1. The zero-order valence-corrected chi connectivity index (χ0v) is 16.5. The van der Waals surface area contributed by atoms with Gasteiger partial charge < -0.3 is 0 Å². The van der Waals surface area contributed by atoms with Gasteiger partial charge in [0, 0.05) is 24.4 Å². The Morgan fingerprint density at radius 2 is 1.87 bits per heavy atom. The van der Waals surface area contributed by atoms with E-state index < -0.39 is 17.6 Å². The maximum atomic E-state index is 14.0. The van der Waals surface area contributed by atoms with Gasteiger partial charge in [-0.15, -0.1) is 0 Å². The van der Waals surface area contributed by atoms with Crippen molar-refractivity contribution in [2.24, 2.45) is 10.1 Å². The Kier molecular flexibility index (Phi) is 8.34. The van der Waals surface area contributed by atoms with Crippen LogP contribution in [0, 0.1) is 5.82 Å². The van der Waals surface area contributed by atoms with Gasteiger partial charge in [-0.05, 0) is 42.3 Å². The van der Waals surface area contributed by atoms with E-state index in [1.54, 1.807) is 6.08 Å². The van der Waals surface area contributed by atoms with Crippen LogP contribution in [-0.2, 0) is 4.79 Å². The van der Waals surface area contributed by atoms with Crippen molar-refractivity contribution in [1.29, 1.82) is 0 Å². The van der Waals surface area contributed by atoms with Crippen LogP contribution in [0.5, 0.6) is 0 Å². The average Bonchev–Trinajstić information content (AvgIpc) is 2.77. The van der Waals surface area contributed by atoms with Crippen LogP contribution in [0.15, 0.2) is 77.0 Å². The maximum Gasteiger partial charge on any atom is 0.284 e. The summed E-state index contributed by atoms with van der Waals surface area (Å²) < 4.78 is 14.0. The van der Waals surface area contributed by atoms with E-state index in [4.69, 9.17) is 5.21 Å². The highest BCUT2D eigenvalue weighted by atomic mass is 19.1. The van der Waals surface area contributed by atoms with Crippen LogP contribution in [0.4, 0.5) is 4.39 Å². The lowest BCUT2D eigenvalue weighted by Gasteiger charge is -2.07. The minimum Gasteiger partial charge on any atom is -0.288 e. The Labute approximate surface area is 173 Å². The molecule has 2 N–H and O–H groups in total. The summed E-state index contributed by atoms with van der Waals surface area (Å²) in [5.74, 6) is -2.06. The van der Waals surface area contributed by atoms with Gasteiger partial charge in [0.15, 0.2) is 0 Å². The van der Waals surface area contributed by atoms with E-state index >= 15 is 0 Å². The first-order valence-corrected chi connectivity index (χ1v) is 8.93. The predicted octanol–water partition coefficient (Wildman–Crippen LogP) is 3.43. The molecule has 154 valence electrons. The molecule has 7 nitrogen and oxygen atoms in total. The van der Waals surface area contributed by atoms with E-state index in [1.807, 2.05) is 43.3 Å². The summed E-state index contributed by atoms with van der Waals surface area (Å²) >= 11 is 0. The third-order valence-electron chi connectivity index (χ3n) is 4.00. The van der Waals surface area contributed by atoms with E-state index in [0.717, 1.165) is 34.6 Å². The normalized spacial score (nSPS) is 12.1. The molecule has 0 atom stereocenters. The smallest absolute Gasteiger partial charge is 0.284 e. The molecule has 2 aromatic rings. The summed E-state index contributed by atoms with van der Waals surface area (Å²) in [6, 6.07) is 13.3. The second-order valence-electron chi connectivity index (χ2n) is 5.99. The third kappa shape index (κ3) is 6.32. The topological polar surface area (TPSA) is 94.4 Å². The highest BCUT2D eigenvalue weighted by molar-refractivity contribution is 6.26. The van der Waals surface area contributed by atoms with E-state index in [1.165, 1.54) is 30.9 Å². The van der Waals surface area contributed by atoms with Gasteiger partial charge in [-0.25, -0.2) is 14.9 Å². The van der Waals surface area contributed by atoms with Crippen LogP contribution < -0.4 is 5.48 Å². The second kappa shape index (κ2) is 11.2. The van der Waals surface area contributed by atoms with Crippen molar-refractivity contribution in [2.45, 2.75) is 6.92 Å². The van der Waals surface area contributed by atoms with E-state index in [-0.39, 0.29) is 11.1 Å². The molecule has 0 bridgehead atoms. The summed E-state index contributed by atoms with van der Waals surface area (Å²) in [5, 5.41) is 13.4. The fourth-order valence-corrected chi connectivity index (χ4v) is 2.35. The molecule has 2 aromatic carbocycles. The number of hydrogen-bond donors (Lipinski definition) is 2. The van der Waals surface area contributed by atoms with Gasteiger partial charge in [0.1, 0.15) is 5.82 Å². The Bertz CT molecular complexity index is 1010. The van der Waals surface area contributed by atoms with Crippen molar-refractivity contribution in [3.8, 4) is 0 Å². The Morgan fingerprint density at radius 1 is 1.13 bits per heavy atom. The number of hydroxylamine groups is 1. The van der Waals surface area contributed by atoms with Crippen LogP contribution >= 0.6 is 0 Å². The molecule has 0 fully saturated rings. The summed E-state index contributed by atoms with van der Waals surface area (Å²) in [4.78, 5) is 27.3. The molecule has 2 rings (SSSR count). The van der Waals surface area contributed by atoms with Gasteiger partial charge in [0.05, 0.1) is 12.4 Å². The highest BCUT2D eigenvalue weighted by Crippen LogP contribution is 2.15. The first-order chi connectivity index (χ1) is 14.5. The number of carbonyl (C=O) groups is 2. The standard InChI is InChI=1S/C22H21FN4O3/c1-3-16(17-7-5-4-6-8-17)11-12-24-15-21(28)27(2)25-14-19-10-9-18(13-20(19)23)22(29)26-30/h3-15,30H,1-2H3,(H,26,29)/b12-11-,16-3+,24-15+,25-14+. The number of rotatable bonds is 7. The van der Waals surface area contributed by atoms with Gasteiger partial charge in [-0.3, -0.25) is 19.8 Å². The van der Waals surface area contributed by atoms with E-state index in [9.17, 15) is 14.0 Å². The minimum atomic E-state index is -0.831. The van der Waals surface area contributed by atoms with E-state index in [0.29, 0.717) is 0 Å². The number of nitrogens with one attached hydrogen (secondary N) is 1. The zero-order chi connectivity index (χ0) is 21.9. The number of allylic oxidation sites excluding steroid dienone is 3. The molecule has 0 unspecified atom stereocenters. The lowest BCUT2D eigenvalue weighted by molar-refractivity contribution is -0.122. The zero-order valence-electron chi connectivity index (χ0n) is 16.5. The Balaban J connectivity index is 1.98. The van der Waals surface area contributed by atoms with Crippen molar-refractivity contribution in [1.82, 2.24) is 10.5 Å². The summed E-state index contributed by atoms with van der Waals surface area (Å²) in [6.45, 7) is 1.91. The van der Waals surface area contributed by atoms with Crippen LogP contribution in [-0.4, -0.2) is 41.5 Å². The summed E-state index contributed by atoms with van der Waals surface area (Å²) in [6.07, 6.45) is 7.45. The van der Waals surface area contributed by atoms with Crippen molar-refractivity contribution >= 4 is 29.8 Å². The fourth-order valence-electron chi connectivity index (χ4n) is 2.35. The molecule has 0 saturated heterocycles. The number of benzene rings is 2. The molecular weight excluding hydrogens is 387 g/mol. The first kappa shape index (κ1) is 22.4. The molecule has 0 radical (unpaired) electrons. The maximum absolute atomic E-state index is 14.0. The molecule has 8 heteroatoms. The fraction of sp³-hybridized carbons (Fsp3) is 0.0909. The number of amides is 2. The van der Waals surface area contributed by atoms with Gasteiger partial charge >= 0.3 is 0 Å². The summed E-state index contributed by atoms with van der Waals surface area (Å²) in [7, 11) is 1.40. The van der Waals surface area contributed by atoms with Crippen molar-refractivity contribution in [3.63, 3.8) is 0 Å². The lowest BCUT2D eigenvalue weighted by Crippen LogP contribution is -2.22. The number of aliphatic imine (C=N–C) groups is 1. The second-order valence-corrected chi connectivity index (χ2v) is 5.99. The molecular formula is C22H21FN4O3. The molecule has 0 heterocycles. The monoisotopic (exact) mass is 408 g/mol. The molecule has 0 aliphatic rings. The Morgan fingerprint density at radius 3 is 2.50 bits per heavy atom. The van der Waals surface area contributed by atoms with Crippen molar-refractivity contribution < 1.29 is 19.2 Å². The van der Waals surface area contributed by atoms with Crippen molar-refractivity contribution in [3.05, 3.63) is 89.4 Å². The molecule has 0 spiro atoms. The number of hydrogen-bond acceptors (Lipinski definition) is 5. The molecule has 0 aliphatic heterocycles. The molecule has 2 amide bonds. The quantitative estimate of drug-likeness (QED) is 0.318. The van der Waals surface area contributed by atoms with Crippen LogP contribution in [0.1, 0.15) is 28.4 Å². The molecule has 0 aliphatic carbocycles. The first-order valence-electron chi connectivity index (χ1n) is 8.93. The van der Waals surface area contributed by atoms with Gasteiger partial charge in [-0.1, -0.05) is 36.4 Å². The molecule has 30 heavy (non-hydrogen) atoms. The summed E-state index contributed by atoms with van der Waals surface area (Å²) in [5.41, 5.74) is 3.43. The minimum absolute atomic E-state index is 0.0495. The van der Waals surface area contributed by atoms with Crippen molar-refractivity contribution in [2.75, 3.05) is 7.05 Å². The van der Waals surface area contributed by atoms with Crippen LogP contribution in [0.25, 0.3) is 5.57 Å². The number of halogens is 1. The highest BCUT2D eigenvalue weighted by Gasteiger charge is 2.08.